The van der Waals surface area contributed by atoms with Gasteiger partial charge in [0.25, 0.3) is 6.10 Å². The first-order chi connectivity index (χ1) is 10.2. The molecule has 0 aromatic rings. The van der Waals surface area contributed by atoms with Gasteiger partial charge in [-0.05, 0) is 11.3 Å². The molecular formula is C13H14F6O4. The van der Waals surface area contributed by atoms with Gasteiger partial charge in [-0.1, -0.05) is 19.9 Å². The van der Waals surface area contributed by atoms with Crippen LogP contribution in [0, 0.1) is 17.3 Å². The Morgan fingerprint density at radius 3 is 1.96 bits per heavy atom. The summed E-state index contributed by atoms with van der Waals surface area (Å²) in [4.78, 5) is 22.6. The molecule has 2 atom stereocenters. The number of hydrogen-bond donors (Lipinski definition) is 0. The summed E-state index contributed by atoms with van der Waals surface area (Å²) in [5.74, 6) is -3.55. The third-order valence-electron chi connectivity index (χ3n) is 3.63. The lowest BCUT2D eigenvalue weighted by molar-refractivity contribution is -0.312. The topological polar surface area (TPSA) is 52.6 Å². The predicted molar refractivity (Wildman–Crippen MR) is 63.9 cm³/mol. The predicted octanol–water partition coefficient (Wildman–Crippen LogP) is 3.02. The lowest BCUT2D eigenvalue weighted by atomic mass is 10.1. The van der Waals surface area contributed by atoms with Crippen molar-refractivity contribution in [2.24, 2.45) is 17.3 Å². The molecule has 0 radical (unpaired) electrons. The zero-order valence-electron chi connectivity index (χ0n) is 12.3. The standard InChI is InChI=1S/C13H14F6O4/c1-11(2)6(8(11)9(21)22-3)4-5-7(20)23-10(12(14,15)16)13(17,18)19/h4-6,8,10H,1-3H3/b5-4+. The maximum Gasteiger partial charge on any atom is 0.434 e. The number of esters is 2. The normalized spacial score (nSPS) is 23.9. The molecule has 1 fully saturated rings. The lowest BCUT2D eigenvalue weighted by Gasteiger charge is -2.22. The Balaban J connectivity index is 2.75. The van der Waals surface area contributed by atoms with E-state index in [1.807, 2.05) is 0 Å². The highest BCUT2D eigenvalue weighted by Gasteiger charge is 2.62. The van der Waals surface area contributed by atoms with Gasteiger partial charge < -0.3 is 9.47 Å². The first-order valence-electron chi connectivity index (χ1n) is 6.33. The summed E-state index contributed by atoms with van der Waals surface area (Å²) in [5, 5.41) is 0. The molecule has 132 valence electrons. The van der Waals surface area contributed by atoms with Crippen LogP contribution in [-0.2, 0) is 19.1 Å². The van der Waals surface area contributed by atoms with Crippen LogP contribution in [0.15, 0.2) is 12.2 Å². The summed E-state index contributed by atoms with van der Waals surface area (Å²) in [6.45, 7) is 3.28. The van der Waals surface area contributed by atoms with Crippen molar-refractivity contribution in [1.82, 2.24) is 0 Å². The molecule has 0 bridgehead atoms. The van der Waals surface area contributed by atoms with E-state index >= 15 is 0 Å². The van der Waals surface area contributed by atoms with E-state index in [-0.39, 0.29) is 0 Å². The zero-order valence-corrected chi connectivity index (χ0v) is 12.3. The van der Waals surface area contributed by atoms with Crippen molar-refractivity contribution in [1.29, 1.82) is 0 Å². The van der Waals surface area contributed by atoms with Crippen LogP contribution in [0.2, 0.25) is 0 Å². The van der Waals surface area contributed by atoms with Crippen molar-refractivity contribution in [2.45, 2.75) is 32.3 Å². The van der Waals surface area contributed by atoms with Gasteiger partial charge in [0.15, 0.2) is 0 Å². The largest absolute Gasteiger partial charge is 0.469 e. The first-order valence-corrected chi connectivity index (χ1v) is 6.33. The number of allylic oxidation sites excluding steroid dienone is 1. The maximum absolute atomic E-state index is 12.2. The fourth-order valence-corrected chi connectivity index (χ4v) is 2.27. The number of hydrogen-bond acceptors (Lipinski definition) is 4. The Labute approximate surface area is 127 Å². The average Bonchev–Trinajstić information content (AvgIpc) is 2.91. The van der Waals surface area contributed by atoms with E-state index < -0.39 is 47.6 Å². The number of carbonyl (C=O) groups excluding carboxylic acids is 2. The summed E-state index contributed by atoms with van der Waals surface area (Å²) in [7, 11) is 1.14. The minimum Gasteiger partial charge on any atom is -0.469 e. The van der Waals surface area contributed by atoms with Crippen LogP contribution < -0.4 is 0 Å². The van der Waals surface area contributed by atoms with Gasteiger partial charge >= 0.3 is 24.3 Å². The van der Waals surface area contributed by atoms with Crippen LogP contribution in [-0.4, -0.2) is 37.5 Å². The Hall–Kier alpha value is -1.74. The highest BCUT2D eigenvalue weighted by atomic mass is 19.4. The Bertz CT molecular complexity index is 492. The van der Waals surface area contributed by atoms with Gasteiger partial charge in [-0.25, -0.2) is 4.79 Å². The Kier molecular flexibility index (Phi) is 5.07. The third-order valence-corrected chi connectivity index (χ3v) is 3.63. The average molecular weight is 348 g/mol. The molecule has 0 amide bonds. The number of rotatable bonds is 4. The van der Waals surface area contributed by atoms with Crippen LogP contribution in [0.5, 0.6) is 0 Å². The van der Waals surface area contributed by atoms with E-state index in [0.717, 1.165) is 13.2 Å². The zero-order chi connectivity index (χ0) is 18.2. The van der Waals surface area contributed by atoms with E-state index in [2.05, 4.69) is 9.47 Å². The molecule has 10 heteroatoms. The summed E-state index contributed by atoms with van der Waals surface area (Å²) in [5.41, 5.74) is -0.614. The highest BCUT2D eigenvalue weighted by Crippen LogP contribution is 2.59. The molecule has 0 aromatic carbocycles. The minimum absolute atomic E-state index is 0.458. The van der Waals surface area contributed by atoms with E-state index in [0.29, 0.717) is 6.08 Å². The summed E-state index contributed by atoms with van der Waals surface area (Å²) >= 11 is 0. The molecule has 0 aliphatic heterocycles. The van der Waals surface area contributed by atoms with E-state index in [1.165, 1.54) is 0 Å². The van der Waals surface area contributed by atoms with Gasteiger partial charge in [-0.15, -0.1) is 0 Å². The number of carbonyl (C=O) groups is 2. The van der Waals surface area contributed by atoms with Gasteiger partial charge in [0.05, 0.1) is 13.0 Å². The lowest BCUT2D eigenvalue weighted by Crippen LogP contribution is -2.45. The van der Waals surface area contributed by atoms with Gasteiger partial charge in [0.2, 0.25) is 0 Å². The fraction of sp³-hybridized carbons (Fsp3) is 0.692. The number of methoxy groups -OCH3 is 1. The number of alkyl halides is 6. The highest BCUT2D eigenvalue weighted by molar-refractivity contribution is 5.83. The van der Waals surface area contributed by atoms with Crippen molar-refractivity contribution in [2.75, 3.05) is 7.11 Å². The van der Waals surface area contributed by atoms with Crippen molar-refractivity contribution < 1.29 is 45.4 Å². The first kappa shape index (κ1) is 19.3. The smallest absolute Gasteiger partial charge is 0.434 e. The molecule has 0 N–H and O–H groups in total. The van der Waals surface area contributed by atoms with E-state index in [1.54, 1.807) is 13.8 Å². The number of halogens is 6. The second kappa shape index (κ2) is 6.04. The van der Waals surface area contributed by atoms with Crippen LogP contribution in [0.1, 0.15) is 13.8 Å². The molecule has 1 aliphatic rings. The van der Waals surface area contributed by atoms with Gasteiger partial charge in [-0.3, -0.25) is 4.79 Å². The quantitative estimate of drug-likeness (QED) is 0.445. The van der Waals surface area contributed by atoms with Gasteiger partial charge in [0.1, 0.15) is 0 Å². The molecule has 23 heavy (non-hydrogen) atoms. The van der Waals surface area contributed by atoms with Crippen molar-refractivity contribution in [3.63, 3.8) is 0 Å². The summed E-state index contributed by atoms with van der Waals surface area (Å²) in [6.07, 6.45) is -14.2. The van der Waals surface area contributed by atoms with Crippen molar-refractivity contribution in [3.8, 4) is 0 Å². The maximum atomic E-state index is 12.2. The van der Waals surface area contributed by atoms with Crippen LogP contribution in [0.3, 0.4) is 0 Å². The Morgan fingerprint density at radius 2 is 1.57 bits per heavy atom. The van der Waals surface area contributed by atoms with Crippen molar-refractivity contribution >= 4 is 11.9 Å². The van der Waals surface area contributed by atoms with Gasteiger partial charge in [0, 0.05) is 6.08 Å². The molecule has 2 unspecified atom stereocenters. The minimum atomic E-state index is -5.77. The monoisotopic (exact) mass is 348 g/mol. The third kappa shape index (κ3) is 4.38. The SMILES string of the molecule is COC(=O)C1C(/C=C/C(=O)OC(C(F)(F)F)C(F)(F)F)C1(C)C. The molecule has 0 spiro atoms. The molecule has 4 nitrogen and oxygen atoms in total. The molecule has 0 heterocycles. The van der Waals surface area contributed by atoms with E-state index in [4.69, 9.17) is 0 Å². The fourth-order valence-electron chi connectivity index (χ4n) is 2.27. The number of ether oxygens (including phenoxy) is 2. The second-order valence-corrected chi connectivity index (χ2v) is 5.61. The second-order valence-electron chi connectivity index (χ2n) is 5.61. The van der Waals surface area contributed by atoms with Crippen molar-refractivity contribution in [3.05, 3.63) is 12.2 Å². The van der Waals surface area contributed by atoms with Crippen LogP contribution in [0.25, 0.3) is 0 Å². The molecule has 1 saturated carbocycles. The van der Waals surface area contributed by atoms with Crippen LogP contribution in [0.4, 0.5) is 26.3 Å². The molecule has 1 rings (SSSR count). The molecule has 0 aromatic heterocycles. The summed E-state index contributed by atoms with van der Waals surface area (Å²) in [6, 6.07) is 0. The Morgan fingerprint density at radius 1 is 1.09 bits per heavy atom. The molecular weight excluding hydrogens is 334 g/mol. The molecule has 0 saturated heterocycles. The summed E-state index contributed by atoms with van der Waals surface area (Å²) < 4.78 is 81.4. The van der Waals surface area contributed by atoms with Crippen LogP contribution >= 0.6 is 0 Å². The molecule has 1 aliphatic carbocycles. The van der Waals surface area contributed by atoms with E-state index in [9.17, 15) is 35.9 Å². The van der Waals surface area contributed by atoms with Gasteiger partial charge in [-0.2, -0.15) is 26.3 Å².